The molecule has 218 valence electrons. The first-order valence-electron chi connectivity index (χ1n) is 13.0. The number of hydrogen-bond acceptors (Lipinski definition) is 9. The first kappa shape index (κ1) is 27.8. The molecule has 11 nitrogen and oxygen atoms in total. The zero-order chi connectivity index (χ0) is 29.3. The van der Waals surface area contributed by atoms with E-state index in [9.17, 15) is 31.2 Å². The van der Waals surface area contributed by atoms with Crippen molar-refractivity contribution in [2.24, 2.45) is 7.05 Å². The number of carbonyl (C=O) groups excluding carboxylic acids is 2. The molecule has 3 aromatic heterocycles. The molecular weight excluding hydrogens is 583 g/mol. The van der Waals surface area contributed by atoms with Crippen molar-refractivity contribution in [1.82, 2.24) is 29.0 Å². The standard InChI is InChI=1S/C25H26F3N7O4S2/c1-3-24-9-15(36)12-35(24)22(37)17-8-19(40-21(17)24)20-18(25(26,27)28)11-29-23(32-20)31-14-4-6-34(7-5-14)41(38,39)16-10-30-33(2)13-16/h8,10-11,13-14H,3-7,9,12H2,1-2H3,(H,29,31,32). The predicted octanol–water partition coefficient (Wildman–Crippen LogP) is 3.26. The molecule has 2 fully saturated rings. The highest BCUT2D eigenvalue weighted by molar-refractivity contribution is 7.89. The highest BCUT2D eigenvalue weighted by Crippen LogP contribution is 2.53. The van der Waals surface area contributed by atoms with Crippen molar-refractivity contribution < 1.29 is 31.2 Å². The van der Waals surface area contributed by atoms with Crippen molar-refractivity contribution in [2.75, 3.05) is 25.0 Å². The van der Waals surface area contributed by atoms with E-state index >= 15 is 0 Å². The van der Waals surface area contributed by atoms with Crippen LogP contribution < -0.4 is 5.32 Å². The Labute approximate surface area is 237 Å². The normalized spacial score (nSPS) is 21.9. The molecule has 16 heteroatoms. The van der Waals surface area contributed by atoms with Crippen molar-refractivity contribution in [2.45, 2.75) is 55.3 Å². The van der Waals surface area contributed by atoms with E-state index in [-0.39, 0.29) is 65.2 Å². The summed E-state index contributed by atoms with van der Waals surface area (Å²) in [4.78, 5) is 35.9. The van der Waals surface area contributed by atoms with Gasteiger partial charge in [0.15, 0.2) is 5.78 Å². The zero-order valence-electron chi connectivity index (χ0n) is 22.1. The molecule has 3 aromatic rings. The van der Waals surface area contributed by atoms with Gasteiger partial charge in [-0.1, -0.05) is 6.92 Å². The molecule has 0 aliphatic carbocycles. The van der Waals surface area contributed by atoms with Crippen molar-refractivity contribution in [3.63, 3.8) is 0 Å². The molecule has 1 unspecified atom stereocenters. The molecule has 1 atom stereocenters. The average Bonchev–Trinajstić information content (AvgIpc) is 3.68. The smallest absolute Gasteiger partial charge is 0.351 e. The summed E-state index contributed by atoms with van der Waals surface area (Å²) in [5, 5.41) is 6.98. The Morgan fingerprint density at radius 2 is 1.93 bits per heavy atom. The number of carbonyl (C=O) groups is 2. The van der Waals surface area contributed by atoms with Gasteiger partial charge in [-0.05, 0) is 25.3 Å². The fourth-order valence-electron chi connectivity index (χ4n) is 5.86. The van der Waals surface area contributed by atoms with E-state index in [0.717, 1.165) is 17.5 Å². The molecule has 0 spiro atoms. The molecule has 1 N–H and O–H groups in total. The number of rotatable bonds is 6. The maximum absolute atomic E-state index is 14.0. The summed E-state index contributed by atoms with van der Waals surface area (Å²) in [6, 6.07) is 1.17. The summed E-state index contributed by atoms with van der Waals surface area (Å²) >= 11 is 1.06. The Kier molecular flexibility index (Phi) is 6.50. The summed E-state index contributed by atoms with van der Waals surface area (Å²) in [5.74, 6) is -0.460. The van der Waals surface area contributed by atoms with Gasteiger partial charge in [-0.15, -0.1) is 11.3 Å². The van der Waals surface area contributed by atoms with Gasteiger partial charge in [-0.25, -0.2) is 18.4 Å². The summed E-state index contributed by atoms with van der Waals surface area (Å²) in [7, 11) is -2.08. The highest BCUT2D eigenvalue weighted by atomic mass is 32.2. The number of fused-ring (bicyclic) bond motifs is 3. The molecule has 41 heavy (non-hydrogen) atoms. The maximum Gasteiger partial charge on any atom is 0.420 e. The Hall–Kier alpha value is -3.37. The summed E-state index contributed by atoms with van der Waals surface area (Å²) in [5.41, 5.74) is -1.90. The van der Waals surface area contributed by atoms with E-state index in [1.807, 2.05) is 6.92 Å². The minimum Gasteiger partial charge on any atom is -0.351 e. The van der Waals surface area contributed by atoms with Gasteiger partial charge in [0.05, 0.1) is 34.4 Å². The third kappa shape index (κ3) is 4.52. The van der Waals surface area contributed by atoms with Crippen LogP contribution in [0.4, 0.5) is 19.1 Å². The second kappa shape index (κ2) is 9.59. The molecule has 3 aliphatic rings. The largest absolute Gasteiger partial charge is 0.420 e. The minimum absolute atomic E-state index is 0.00113. The monoisotopic (exact) mass is 609 g/mol. The predicted molar refractivity (Wildman–Crippen MR) is 142 cm³/mol. The van der Waals surface area contributed by atoms with E-state index < -0.39 is 27.3 Å². The van der Waals surface area contributed by atoms with Gasteiger partial charge in [-0.2, -0.15) is 22.6 Å². The number of sulfonamides is 1. The minimum atomic E-state index is -4.74. The number of ketones is 1. The number of aromatic nitrogens is 4. The Morgan fingerprint density at radius 1 is 1.20 bits per heavy atom. The van der Waals surface area contributed by atoms with Crippen LogP contribution >= 0.6 is 11.3 Å². The van der Waals surface area contributed by atoms with Crippen LogP contribution in [0.5, 0.6) is 0 Å². The second-order valence-electron chi connectivity index (χ2n) is 10.5. The molecule has 6 heterocycles. The average molecular weight is 610 g/mol. The van der Waals surface area contributed by atoms with Crippen LogP contribution in [0.3, 0.4) is 0 Å². The number of hydrogen-bond donors (Lipinski definition) is 1. The molecule has 2 saturated heterocycles. The molecule has 0 bridgehead atoms. The third-order valence-corrected chi connectivity index (χ3v) is 11.2. The molecule has 0 saturated carbocycles. The summed E-state index contributed by atoms with van der Waals surface area (Å²) < 4.78 is 70.6. The maximum atomic E-state index is 14.0. The number of nitrogens with zero attached hydrogens (tertiary/aromatic N) is 6. The Morgan fingerprint density at radius 3 is 2.56 bits per heavy atom. The summed E-state index contributed by atoms with van der Waals surface area (Å²) in [6.07, 6.45) is 0.0883. The number of amides is 1. The lowest BCUT2D eigenvalue weighted by molar-refractivity contribution is -0.137. The lowest BCUT2D eigenvalue weighted by Crippen LogP contribution is -2.42. The number of anilines is 1. The molecule has 1 amide bonds. The SMILES string of the molecule is CCC12CC(=O)CN1C(=O)c1cc(-c3nc(NC4CCN(S(=O)(=O)c5cnn(C)c5)CC4)ncc3C(F)(F)F)sc12. The van der Waals surface area contributed by atoms with Crippen LogP contribution in [0.1, 0.15) is 53.4 Å². The molecule has 0 radical (unpaired) electrons. The van der Waals surface area contributed by atoms with E-state index in [1.54, 1.807) is 7.05 Å². The summed E-state index contributed by atoms with van der Waals surface area (Å²) in [6.45, 7) is 2.27. The van der Waals surface area contributed by atoms with Gasteiger partial charge in [-0.3, -0.25) is 14.3 Å². The second-order valence-corrected chi connectivity index (χ2v) is 13.5. The van der Waals surface area contributed by atoms with Gasteiger partial charge in [0.2, 0.25) is 16.0 Å². The number of Topliss-reactive ketones (excluding diaryl/α,β-unsaturated/α-hetero) is 1. The van der Waals surface area contributed by atoms with Gasteiger partial charge < -0.3 is 10.2 Å². The Bertz CT molecular complexity index is 1660. The molecular formula is C25H26F3N7O4S2. The zero-order valence-corrected chi connectivity index (χ0v) is 23.7. The number of nitrogens with one attached hydrogen (secondary N) is 1. The van der Waals surface area contributed by atoms with E-state index in [1.165, 1.54) is 32.3 Å². The lowest BCUT2D eigenvalue weighted by atomic mass is 9.92. The van der Waals surface area contributed by atoms with Crippen LogP contribution in [-0.4, -0.2) is 74.7 Å². The number of aryl methyl sites for hydroxylation is 1. The van der Waals surface area contributed by atoms with E-state index in [4.69, 9.17) is 0 Å². The van der Waals surface area contributed by atoms with E-state index in [0.29, 0.717) is 29.7 Å². The van der Waals surface area contributed by atoms with Crippen LogP contribution in [0, 0.1) is 0 Å². The third-order valence-electron chi connectivity index (χ3n) is 7.99. The topological polar surface area (TPSA) is 130 Å². The Balaban J connectivity index is 1.26. The number of piperidine rings is 1. The van der Waals surface area contributed by atoms with E-state index in [2.05, 4.69) is 20.4 Å². The molecule has 6 rings (SSSR count). The molecule has 0 aromatic carbocycles. The van der Waals surface area contributed by atoms with Gasteiger partial charge in [0, 0.05) is 49.9 Å². The fourth-order valence-corrected chi connectivity index (χ4v) is 8.74. The van der Waals surface area contributed by atoms with Crippen LogP contribution in [0.2, 0.25) is 0 Å². The first-order valence-corrected chi connectivity index (χ1v) is 15.3. The van der Waals surface area contributed by atoms with Crippen LogP contribution in [0.15, 0.2) is 29.6 Å². The van der Waals surface area contributed by atoms with Crippen molar-refractivity contribution in [3.8, 4) is 10.6 Å². The number of halogens is 3. The lowest BCUT2D eigenvalue weighted by Gasteiger charge is -2.31. The van der Waals surface area contributed by atoms with Gasteiger partial charge in [0.25, 0.3) is 5.91 Å². The van der Waals surface area contributed by atoms with Crippen LogP contribution in [0.25, 0.3) is 10.6 Å². The van der Waals surface area contributed by atoms with Crippen molar-refractivity contribution in [3.05, 3.63) is 40.7 Å². The van der Waals surface area contributed by atoms with Crippen molar-refractivity contribution >= 4 is 39.0 Å². The molecule has 3 aliphatic heterocycles. The quantitative estimate of drug-likeness (QED) is 0.451. The van der Waals surface area contributed by atoms with Crippen LogP contribution in [-0.2, 0) is 33.6 Å². The van der Waals surface area contributed by atoms with Gasteiger partial charge in [0.1, 0.15) is 10.5 Å². The fraction of sp³-hybridized carbons (Fsp3) is 0.480. The number of alkyl halides is 3. The first-order chi connectivity index (χ1) is 19.3. The number of thiophene rings is 1. The van der Waals surface area contributed by atoms with Gasteiger partial charge >= 0.3 is 6.18 Å². The van der Waals surface area contributed by atoms with Crippen molar-refractivity contribution in [1.29, 1.82) is 0 Å². The highest BCUT2D eigenvalue weighted by Gasteiger charge is 2.55.